The Morgan fingerprint density at radius 3 is 2.92 bits per heavy atom. The van der Waals surface area contributed by atoms with Crippen molar-refractivity contribution in [3.8, 4) is 0 Å². The van der Waals surface area contributed by atoms with Crippen LogP contribution in [0.1, 0.15) is 10.4 Å². The molecular weight excluding hydrogens is 197 g/mol. The van der Waals surface area contributed by atoms with Gasteiger partial charge in [-0.05, 0) is 0 Å². The number of aldehydes is 1. The Morgan fingerprint density at radius 1 is 1.69 bits per heavy atom. The average Bonchev–Trinajstić information content (AvgIpc) is 2.14. The molecule has 0 aliphatic carbocycles. The van der Waals surface area contributed by atoms with E-state index in [0.29, 0.717) is 6.29 Å². The van der Waals surface area contributed by atoms with Gasteiger partial charge < -0.3 is 5.43 Å². The molecule has 0 amide bonds. The van der Waals surface area contributed by atoms with Gasteiger partial charge in [0.2, 0.25) is 0 Å². The summed E-state index contributed by atoms with van der Waals surface area (Å²) < 4.78 is 13.2. The molecule has 0 aliphatic rings. The van der Waals surface area contributed by atoms with E-state index < -0.39 is 5.82 Å². The highest BCUT2D eigenvalue weighted by molar-refractivity contribution is 6.29. The number of pyridine rings is 1. The van der Waals surface area contributed by atoms with Crippen molar-refractivity contribution in [1.82, 2.24) is 10.4 Å². The lowest BCUT2D eigenvalue weighted by molar-refractivity contribution is 0.112. The van der Waals surface area contributed by atoms with E-state index in [1.807, 2.05) is 0 Å². The number of rotatable bonds is 3. The fraction of sp³-hybridized carbons (Fsp3) is 0.143. The van der Waals surface area contributed by atoms with Crippen LogP contribution in [0.25, 0.3) is 0 Å². The summed E-state index contributed by atoms with van der Waals surface area (Å²) in [6.07, 6.45) is 1.68. The molecule has 0 saturated heterocycles. The standard InChI is InChI=1S/C7H7ClFN3O/c1-10-12-6-4(3-13)2-11-7(8)5(6)9/h2-3,10H,1H3,(H,11,12). The molecule has 0 saturated carbocycles. The number of hydrogen-bond donors (Lipinski definition) is 2. The zero-order valence-corrected chi connectivity index (χ0v) is 7.52. The number of halogens is 2. The second-order valence-corrected chi connectivity index (χ2v) is 2.54. The molecule has 1 rings (SSSR count). The number of carbonyl (C=O) groups excluding carboxylic acids is 1. The number of nitrogens with one attached hydrogen (secondary N) is 2. The molecule has 1 aromatic heterocycles. The van der Waals surface area contributed by atoms with Crippen LogP contribution in [0.2, 0.25) is 5.15 Å². The molecule has 0 aliphatic heterocycles. The lowest BCUT2D eigenvalue weighted by Gasteiger charge is -2.08. The van der Waals surface area contributed by atoms with Gasteiger partial charge in [-0.2, -0.15) is 0 Å². The number of anilines is 1. The molecule has 1 aromatic rings. The molecular formula is C7H7ClFN3O. The van der Waals surface area contributed by atoms with Crippen LogP contribution in [0.15, 0.2) is 6.20 Å². The van der Waals surface area contributed by atoms with Gasteiger partial charge in [0.05, 0.1) is 5.56 Å². The van der Waals surface area contributed by atoms with E-state index in [-0.39, 0.29) is 16.4 Å². The van der Waals surface area contributed by atoms with Gasteiger partial charge in [-0.3, -0.25) is 4.79 Å². The summed E-state index contributed by atoms with van der Waals surface area (Å²) in [6, 6.07) is 0. The van der Waals surface area contributed by atoms with Crippen LogP contribution in [0.3, 0.4) is 0 Å². The van der Waals surface area contributed by atoms with E-state index >= 15 is 0 Å². The third-order valence-corrected chi connectivity index (χ3v) is 1.65. The van der Waals surface area contributed by atoms with Crippen LogP contribution in [-0.2, 0) is 0 Å². The lowest BCUT2D eigenvalue weighted by atomic mass is 10.2. The zero-order valence-electron chi connectivity index (χ0n) is 6.77. The molecule has 6 heteroatoms. The first-order valence-electron chi connectivity index (χ1n) is 3.42. The fourth-order valence-corrected chi connectivity index (χ4v) is 0.962. The summed E-state index contributed by atoms with van der Waals surface area (Å²) in [5, 5.41) is -0.275. The molecule has 0 spiro atoms. The Morgan fingerprint density at radius 2 is 2.38 bits per heavy atom. The summed E-state index contributed by atoms with van der Waals surface area (Å²) >= 11 is 5.41. The van der Waals surface area contributed by atoms with Gasteiger partial charge in [-0.25, -0.2) is 14.8 Å². The van der Waals surface area contributed by atoms with E-state index in [1.165, 1.54) is 6.20 Å². The van der Waals surface area contributed by atoms with Gasteiger partial charge in [0.1, 0.15) is 5.69 Å². The smallest absolute Gasteiger partial charge is 0.185 e. The van der Waals surface area contributed by atoms with Crippen molar-refractivity contribution in [1.29, 1.82) is 0 Å². The van der Waals surface area contributed by atoms with E-state index in [4.69, 9.17) is 11.6 Å². The van der Waals surface area contributed by atoms with Crippen LogP contribution >= 0.6 is 11.6 Å². The van der Waals surface area contributed by atoms with Gasteiger partial charge >= 0.3 is 0 Å². The predicted molar refractivity (Wildman–Crippen MR) is 47.3 cm³/mol. The van der Waals surface area contributed by atoms with Gasteiger partial charge in [0, 0.05) is 13.2 Å². The Hall–Kier alpha value is -1.20. The van der Waals surface area contributed by atoms with Gasteiger partial charge in [0.25, 0.3) is 0 Å². The molecule has 1 heterocycles. The third-order valence-electron chi connectivity index (χ3n) is 1.38. The summed E-state index contributed by atoms with van der Waals surface area (Å²) in [5.41, 5.74) is 5.05. The molecule has 0 atom stereocenters. The van der Waals surface area contributed by atoms with Gasteiger partial charge in [-0.1, -0.05) is 11.6 Å². The minimum absolute atomic E-state index is 0.00231. The normalized spacial score (nSPS) is 9.77. The third kappa shape index (κ3) is 1.93. The molecule has 0 bridgehead atoms. The van der Waals surface area contributed by atoms with Crippen molar-refractivity contribution in [2.24, 2.45) is 0 Å². The van der Waals surface area contributed by atoms with Gasteiger partial charge in [-0.15, -0.1) is 0 Å². The average molecular weight is 204 g/mol. The van der Waals surface area contributed by atoms with Crippen molar-refractivity contribution in [3.63, 3.8) is 0 Å². The Kier molecular flexibility index (Phi) is 3.16. The van der Waals surface area contributed by atoms with Crippen LogP contribution in [0.4, 0.5) is 10.1 Å². The first-order chi connectivity index (χ1) is 6.20. The molecule has 0 radical (unpaired) electrons. The van der Waals surface area contributed by atoms with Crippen LogP contribution in [-0.4, -0.2) is 18.3 Å². The summed E-state index contributed by atoms with van der Waals surface area (Å²) in [6.45, 7) is 0. The van der Waals surface area contributed by atoms with Crippen molar-refractivity contribution in [2.75, 3.05) is 12.5 Å². The van der Waals surface area contributed by atoms with Crippen molar-refractivity contribution in [2.45, 2.75) is 0 Å². The quantitative estimate of drug-likeness (QED) is 0.441. The first-order valence-corrected chi connectivity index (χ1v) is 3.80. The number of hydrazine groups is 1. The summed E-state index contributed by atoms with van der Waals surface area (Å²) in [4.78, 5) is 13.9. The number of nitrogens with zero attached hydrogens (tertiary/aromatic N) is 1. The zero-order chi connectivity index (χ0) is 9.84. The minimum atomic E-state index is -0.749. The monoisotopic (exact) mass is 203 g/mol. The van der Waals surface area contributed by atoms with Crippen molar-refractivity contribution < 1.29 is 9.18 Å². The SMILES string of the molecule is CNNc1c(C=O)cnc(Cl)c1F. The number of hydrogen-bond acceptors (Lipinski definition) is 4. The molecule has 0 unspecified atom stereocenters. The molecule has 2 N–H and O–H groups in total. The van der Waals surface area contributed by atoms with Crippen molar-refractivity contribution in [3.05, 3.63) is 22.7 Å². The van der Waals surface area contributed by atoms with E-state index in [1.54, 1.807) is 7.05 Å². The van der Waals surface area contributed by atoms with E-state index in [2.05, 4.69) is 15.8 Å². The fourth-order valence-electron chi connectivity index (χ4n) is 0.819. The molecule has 4 nitrogen and oxygen atoms in total. The highest BCUT2D eigenvalue weighted by Crippen LogP contribution is 2.22. The Labute approximate surface area is 79.1 Å². The molecule has 0 fully saturated rings. The van der Waals surface area contributed by atoms with Crippen molar-refractivity contribution >= 4 is 23.6 Å². The Bertz CT molecular complexity index is 332. The Balaban J connectivity index is 3.23. The van der Waals surface area contributed by atoms with E-state index in [0.717, 1.165) is 0 Å². The summed E-state index contributed by atoms with van der Waals surface area (Å²) in [7, 11) is 1.54. The maximum absolute atomic E-state index is 13.2. The molecule has 70 valence electrons. The van der Waals surface area contributed by atoms with Crippen LogP contribution in [0, 0.1) is 5.82 Å². The maximum atomic E-state index is 13.2. The van der Waals surface area contributed by atoms with Crippen LogP contribution in [0.5, 0.6) is 0 Å². The number of carbonyl (C=O) groups is 1. The highest BCUT2D eigenvalue weighted by Gasteiger charge is 2.12. The van der Waals surface area contributed by atoms with Gasteiger partial charge in [0.15, 0.2) is 17.3 Å². The van der Waals surface area contributed by atoms with E-state index in [9.17, 15) is 9.18 Å². The lowest BCUT2D eigenvalue weighted by Crippen LogP contribution is -2.18. The largest absolute Gasteiger partial charge is 0.318 e. The molecule has 0 aromatic carbocycles. The number of aromatic nitrogens is 1. The maximum Gasteiger partial charge on any atom is 0.185 e. The summed E-state index contributed by atoms with van der Waals surface area (Å²) in [5.74, 6) is -0.749. The topological polar surface area (TPSA) is 54.0 Å². The van der Waals surface area contributed by atoms with Crippen LogP contribution < -0.4 is 10.9 Å². The second-order valence-electron chi connectivity index (χ2n) is 2.19. The second kappa shape index (κ2) is 4.15. The predicted octanol–water partition coefficient (Wildman–Crippen LogP) is 1.23. The molecule has 13 heavy (non-hydrogen) atoms. The first kappa shape index (κ1) is 9.88. The highest BCUT2D eigenvalue weighted by atomic mass is 35.5. The minimum Gasteiger partial charge on any atom is -0.318 e.